The van der Waals surface area contributed by atoms with Crippen molar-refractivity contribution in [3.63, 3.8) is 0 Å². The number of hydrogen-bond donors (Lipinski definition) is 1. The zero-order valence-electron chi connectivity index (χ0n) is 12.1. The van der Waals surface area contributed by atoms with Crippen LogP contribution in [-0.4, -0.2) is 0 Å². The Labute approximate surface area is 116 Å². The standard InChI is InChI=1S/C17H24N2/c1-3-8-16(9-4-2)11-17(12-16,13-18)14-6-5-7-15(19)10-14/h5-7,10H,3-4,8-9,11-12,19H2,1-2H3. The third kappa shape index (κ3) is 2.47. The maximum atomic E-state index is 9.66. The zero-order valence-corrected chi connectivity index (χ0v) is 12.1. The molecule has 1 aromatic carbocycles. The summed E-state index contributed by atoms with van der Waals surface area (Å²) in [5.74, 6) is 0. The van der Waals surface area contributed by atoms with Crippen LogP contribution in [0.5, 0.6) is 0 Å². The fourth-order valence-electron chi connectivity index (χ4n) is 3.95. The number of nitrogens with two attached hydrogens (primary N) is 1. The molecule has 0 bridgehead atoms. The summed E-state index contributed by atoms with van der Waals surface area (Å²) >= 11 is 0. The van der Waals surface area contributed by atoms with Crippen molar-refractivity contribution in [1.29, 1.82) is 5.26 Å². The molecule has 1 saturated carbocycles. The lowest BCUT2D eigenvalue weighted by atomic mass is 9.48. The Morgan fingerprint density at radius 2 is 1.84 bits per heavy atom. The van der Waals surface area contributed by atoms with Gasteiger partial charge in [-0.15, -0.1) is 0 Å². The van der Waals surface area contributed by atoms with Gasteiger partial charge in [0.25, 0.3) is 0 Å². The molecule has 1 fully saturated rings. The third-order valence-electron chi connectivity index (χ3n) is 4.57. The number of nitrogens with zero attached hydrogens (tertiary/aromatic N) is 1. The van der Waals surface area contributed by atoms with Crippen LogP contribution in [0, 0.1) is 16.7 Å². The molecule has 0 unspecified atom stereocenters. The van der Waals surface area contributed by atoms with Gasteiger partial charge in [-0.25, -0.2) is 0 Å². The smallest absolute Gasteiger partial charge is 0.0833 e. The third-order valence-corrected chi connectivity index (χ3v) is 4.57. The molecule has 0 radical (unpaired) electrons. The van der Waals surface area contributed by atoms with Crippen LogP contribution in [0.3, 0.4) is 0 Å². The van der Waals surface area contributed by atoms with E-state index in [2.05, 4.69) is 26.0 Å². The van der Waals surface area contributed by atoms with E-state index in [0.29, 0.717) is 5.41 Å². The van der Waals surface area contributed by atoms with E-state index in [1.54, 1.807) is 0 Å². The second-order valence-electron chi connectivity index (χ2n) is 6.17. The number of rotatable bonds is 5. The Morgan fingerprint density at radius 1 is 1.21 bits per heavy atom. The predicted molar refractivity (Wildman–Crippen MR) is 79.6 cm³/mol. The Hall–Kier alpha value is -1.49. The summed E-state index contributed by atoms with van der Waals surface area (Å²) in [6, 6.07) is 10.5. The maximum Gasteiger partial charge on any atom is 0.0833 e. The van der Waals surface area contributed by atoms with Crippen LogP contribution in [0.25, 0.3) is 0 Å². The molecule has 2 rings (SSSR count). The van der Waals surface area contributed by atoms with Gasteiger partial charge >= 0.3 is 0 Å². The van der Waals surface area contributed by atoms with Gasteiger partial charge in [0.1, 0.15) is 0 Å². The molecule has 0 aliphatic heterocycles. The average molecular weight is 256 g/mol. The molecular weight excluding hydrogens is 232 g/mol. The SMILES string of the molecule is CCCC1(CCC)CC(C#N)(c2cccc(N)c2)C1. The first kappa shape index (κ1) is 13.9. The molecule has 2 N–H and O–H groups in total. The van der Waals surface area contributed by atoms with Crippen molar-refractivity contribution in [3.8, 4) is 6.07 Å². The van der Waals surface area contributed by atoms with E-state index < -0.39 is 0 Å². The van der Waals surface area contributed by atoms with Crippen molar-refractivity contribution < 1.29 is 0 Å². The molecule has 1 aromatic rings. The highest BCUT2D eigenvalue weighted by molar-refractivity contribution is 5.47. The number of benzene rings is 1. The van der Waals surface area contributed by atoms with Crippen LogP contribution in [0.1, 0.15) is 57.9 Å². The fraction of sp³-hybridized carbons (Fsp3) is 0.588. The first-order chi connectivity index (χ1) is 9.10. The molecule has 0 spiro atoms. The van der Waals surface area contributed by atoms with Gasteiger partial charge in [-0.2, -0.15) is 5.26 Å². The average Bonchev–Trinajstić information content (AvgIpc) is 2.35. The predicted octanol–water partition coefficient (Wildman–Crippen LogP) is 4.41. The van der Waals surface area contributed by atoms with E-state index in [1.165, 1.54) is 25.7 Å². The first-order valence-electron chi connectivity index (χ1n) is 7.37. The van der Waals surface area contributed by atoms with Gasteiger partial charge in [-0.05, 0) is 48.8 Å². The lowest BCUT2D eigenvalue weighted by Gasteiger charge is -2.53. The van der Waals surface area contributed by atoms with Gasteiger partial charge in [0.15, 0.2) is 0 Å². The van der Waals surface area contributed by atoms with Crippen molar-refractivity contribution >= 4 is 5.69 Å². The molecule has 0 atom stereocenters. The molecule has 1 aliphatic carbocycles. The van der Waals surface area contributed by atoms with E-state index in [0.717, 1.165) is 24.1 Å². The van der Waals surface area contributed by atoms with Gasteiger partial charge in [-0.1, -0.05) is 38.8 Å². The molecule has 0 amide bonds. The van der Waals surface area contributed by atoms with E-state index in [-0.39, 0.29) is 5.41 Å². The Morgan fingerprint density at radius 3 is 2.32 bits per heavy atom. The molecular formula is C17H24N2. The zero-order chi connectivity index (χ0) is 13.9. The molecule has 1 aliphatic rings. The minimum Gasteiger partial charge on any atom is -0.399 e. The summed E-state index contributed by atoms with van der Waals surface area (Å²) in [6.45, 7) is 4.48. The summed E-state index contributed by atoms with van der Waals surface area (Å²) < 4.78 is 0. The van der Waals surface area contributed by atoms with E-state index in [1.807, 2.05) is 18.2 Å². The number of hydrogen-bond acceptors (Lipinski definition) is 2. The number of nitriles is 1. The summed E-state index contributed by atoms with van der Waals surface area (Å²) in [7, 11) is 0. The second-order valence-corrected chi connectivity index (χ2v) is 6.17. The molecule has 102 valence electrons. The Kier molecular flexibility index (Phi) is 3.85. The van der Waals surface area contributed by atoms with Gasteiger partial charge < -0.3 is 5.73 Å². The van der Waals surface area contributed by atoms with Crippen molar-refractivity contribution in [2.75, 3.05) is 5.73 Å². The van der Waals surface area contributed by atoms with Gasteiger partial charge in [-0.3, -0.25) is 0 Å². The molecule has 0 aromatic heterocycles. The van der Waals surface area contributed by atoms with Gasteiger partial charge in [0, 0.05) is 5.69 Å². The fourth-order valence-corrected chi connectivity index (χ4v) is 3.95. The molecule has 19 heavy (non-hydrogen) atoms. The molecule has 0 heterocycles. The van der Waals surface area contributed by atoms with Crippen LogP contribution in [0.4, 0.5) is 5.69 Å². The lowest BCUT2D eigenvalue weighted by molar-refractivity contribution is 0.0358. The maximum absolute atomic E-state index is 9.66. The van der Waals surface area contributed by atoms with E-state index in [9.17, 15) is 5.26 Å². The highest BCUT2D eigenvalue weighted by Gasteiger charge is 2.54. The monoisotopic (exact) mass is 256 g/mol. The minimum atomic E-state index is -0.292. The molecule has 2 nitrogen and oxygen atoms in total. The van der Waals surface area contributed by atoms with E-state index >= 15 is 0 Å². The highest BCUT2D eigenvalue weighted by atomic mass is 14.6. The van der Waals surface area contributed by atoms with Crippen molar-refractivity contribution in [2.45, 2.75) is 57.8 Å². The van der Waals surface area contributed by atoms with Crippen molar-refractivity contribution in [3.05, 3.63) is 29.8 Å². The Bertz CT molecular complexity index is 470. The summed E-state index contributed by atoms with van der Waals surface area (Å²) in [6.07, 6.45) is 6.90. The minimum absolute atomic E-state index is 0.292. The lowest BCUT2D eigenvalue weighted by Crippen LogP contribution is -2.48. The van der Waals surface area contributed by atoms with E-state index in [4.69, 9.17) is 5.73 Å². The quantitative estimate of drug-likeness (QED) is 0.793. The van der Waals surface area contributed by atoms with Crippen LogP contribution >= 0.6 is 0 Å². The molecule has 2 heteroatoms. The topological polar surface area (TPSA) is 49.8 Å². The Balaban J connectivity index is 2.23. The summed E-state index contributed by atoms with van der Waals surface area (Å²) in [5.41, 5.74) is 7.83. The van der Waals surface area contributed by atoms with Crippen LogP contribution < -0.4 is 5.73 Å². The largest absolute Gasteiger partial charge is 0.399 e. The summed E-state index contributed by atoms with van der Waals surface area (Å²) in [4.78, 5) is 0. The van der Waals surface area contributed by atoms with Gasteiger partial charge in [0.05, 0.1) is 11.5 Å². The van der Waals surface area contributed by atoms with Crippen LogP contribution in [-0.2, 0) is 5.41 Å². The highest BCUT2D eigenvalue weighted by Crippen LogP contribution is 2.60. The van der Waals surface area contributed by atoms with Crippen LogP contribution in [0.2, 0.25) is 0 Å². The first-order valence-corrected chi connectivity index (χ1v) is 7.37. The van der Waals surface area contributed by atoms with Crippen molar-refractivity contribution in [1.82, 2.24) is 0 Å². The number of nitrogen functional groups attached to an aromatic ring is 1. The normalized spacial score (nSPS) is 19.4. The molecule has 0 saturated heterocycles. The second kappa shape index (κ2) is 5.25. The summed E-state index contributed by atoms with van der Waals surface area (Å²) in [5, 5.41) is 9.66. The number of anilines is 1. The van der Waals surface area contributed by atoms with Crippen LogP contribution in [0.15, 0.2) is 24.3 Å². The van der Waals surface area contributed by atoms with Crippen molar-refractivity contribution in [2.24, 2.45) is 5.41 Å². The van der Waals surface area contributed by atoms with Gasteiger partial charge in [0.2, 0.25) is 0 Å².